The predicted octanol–water partition coefficient (Wildman–Crippen LogP) is 14.9. The second-order valence-electron chi connectivity index (χ2n) is 12.7. The van der Waals surface area contributed by atoms with Gasteiger partial charge in [-0.25, -0.2) is 0 Å². The maximum absolute atomic E-state index is 9.71. The topological polar surface area (TPSA) is 16.4 Å². The molecular formula is C52H35NO. The molecule has 54 heavy (non-hydrogen) atoms. The zero-order valence-electron chi connectivity index (χ0n) is 41.6. The van der Waals surface area contributed by atoms with Gasteiger partial charge in [-0.1, -0.05) is 164 Å². The third-order valence-corrected chi connectivity index (χ3v) is 9.50. The molecule has 0 amide bonds. The third kappa shape index (κ3) is 5.62. The quantitative estimate of drug-likeness (QED) is 0.164. The summed E-state index contributed by atoms with van der Waals surface area (Å²) in [5.41, 5.74) is 2.58. The van der Waals surface area contributed by atoms with Gasteiger partial charge in [-0.3, -0.25) is 0 Å². The van der Waals surface area contributed by atoms with Crippen LogP contribution in [0.25, 0.3) is 77.2 Å². The number of hydrogen-bond donors (Lipinski definition) is 0. The number of rotatable bonds is 7. The molecule has 0 radical (unpaired) electrons. The molecule has 0 aliphatic carbocycles. The van der Waals surface area contributed by atoms with Crippen molar-refractivity contribution in [2.24, 2.45) is 0 Å². The maximum Gasteiger partial charge on any atom is 0.143 e. The van der Waals surface area contributed by atoms with Crippen LogP contribution in [-0.4, -0.2) is 0 Å². The lowest BCUT2D eigenvalue weighted by Crippen LogP contribution is -2.11. The lowest BCUT2D eigenvalue weighted by atomic mass is 9.95. The molecular weight excluding hydrogens is 655 g/mol. The summed E-state index contributed by atoms with van der Waals surface area (Å²) in [4.78, 5) is 1.21. The fourth-order valence-corrected chi connectivity index (χ4v) is 6.99. The monoisotopic (exact) mass is 702 g/mol. The second kappa shape index (κ2) is 13.4. The van der Waals surface area contributed by atoms with Gasteiger partial charge in [-0.05, 0) is 92.8 Å². The minimum absolute atomic E-state index is 0.00252. The Morgan fingerprint density at radius 3 is 1.78 bits per heavy atom. The predicted molar refractivity (Wildman–Crippen MR) is 228 cm³/mol. The Bertz CT molecular complexity index is 3610. The van der Waals surface area contributed by atoms with Gasteiger partial charge in [-0.2, -0.15) is 0 Å². The van der Waals surface area contributed by atoms with Gasteiger partial charge >= 0.3 is 0 Å². The van der Waals surface area contributed by atoms with E-state index in [1.165, 1.54) is 4.90 Å². The van der Waals surface area contributed by atoms with E-state index < -0.39 is 95.4 Å². The molecule has 0 fully saturated rings. The maximum atomic E-state index is 9.71. The van der Waals surface area contributed by atoms with Crippen molar-refractivity contribution in [1.29, 1.82) is 0 Å². The smallest absolute Gasteiger partial charge is 0.143 e. The van der Waals surface area contributed by atoms with Gasteiger partial charge in [0.15, 0.2) is 0 Å². The molecule has 1 heterocycles. The van der Waals surface area contributed by atoms with Gasteiger partial charge in [0.2, 0.25) is 0 Å². The van der Waals surface area contributed by atoms with Crippen LogP contribution in [0.4, 0.5) is 17.1 Å². The number of anilines is 3. The molecule has 10 aromatic rings. The lowest BCUT2D eigenvalue weighted by molar-refractivity contribution is 0.673. The molecule has 0 spiro atoms. The Morgan fingerprint density at radius 2 is 1.00 bits per heavy atom. The largest absolute Gasteiger partial charge is 0.455 e. The number of furan rings is 1. The number of hydrogen-bond acceptors (Lipinski definition) is 2. The normalized spacial score (nSPS) is 14.7. The fourth-order valence-electron chi connectivity index (χ4n) is 6.99. The summed E-state index contributed by atoms with van der Waals surface area (Å²) in [6.45, 7) is 0. The molecule has 0 saturated heterocycles. The van der Waals surface area contributed by atoms with Crippen LogP contribution in [0.5, 0.6) is 0 Å². The van der Waals surface area contributed by atoms with Crippen molar-refractivity contribution >= 4 is 49.8 Å². The molecule has 254 valence electrons. The first-order valence-corrected chi connectivity index (χ1v) is 17.4. The van der Waals surface area contributed by atoms with Crippen LogP contribution in [0.1, 0.15) is 17.8 Å². The van der Waals surface area contributed by atoms with E-state index in [9.17, 15) is 11.0 Å². The van der Waals surface area contributed by atoms with Crippen molar-refractivity contribution in [3.8, 4) is 44.5 Å². The molecule has 0 saturated carbocycles. The highest BCUT2D eigenvalue weighted by Gasteiger charge is 2.21. The summed E-state index contributed by atoms with van der Waals surface area (Å²) in [6, 6.07) is 32.3. The van der Waals surface area contributed by atoms with Crippen LogP contribution >= 0.6 is 0 Å². The first-order chi connectivity index (χ1) is 32.2. The average Bonchev–Trinajstić information content (AvgIpc) is 3.75. The van der Waals surface area contributed by atoms with Gasteiger partial charge in [0.25, 0.3) is 0 Å². The van der Waals surface area contributed by atoms with E-state index in [4.69, 9.17) is 11.3 Å². The molecule has 0 aliphatic rings. The molecule has 2 heteroatoms. The summed E-state index contributed by atoms with van der Waals surface area (Å²) in [7, 11) is 0. The third-order valence-electron chi connectivity index (χ3n) is 9.50. The van der Waals surface area contributed by atoms with Crippen molar-refractivity contribution in [2.45, 2.75) is 0 Å². The Hall–Kier alpha value is -7.16. The van der Waals surface area contributed by atoms with Gasteiger partial charge < -0.3 is 9.32 Å². The number of fused-ring (bicyclic) bond motifs is 5. The highest BCUT2D eigenvalue weighted by Crippen LogP contribution is 2.46. The van der Waals surface area contributed by atoms with Crippen molar-refractivity contribution < 1.29 is 22.2 Å². The Kier molecular flexibility index (Phi) is 5.17. The second-order valence-corrected chi connectivity index (χ2v) is 12.7. The van der Waals surface area contributed by atoms with Gasteiger partial charge in [0.05, 0.1) is 23.5 Å². The highest BCUT2D eigenvalue weighted by molar-refractivity contribution is 6.19. The van der Waals surface area contributed by atoms with Gasteiger partial charge in [0.1, 0.15) is 11.2 Å². The van der Waals surface area contributed by atoms with Crippen LogP contribution in [0.2, 0.25) is 0 Å². The summed E-state index contributed by atoms with van der Waals surface area (Å²) in [5, 5.41) is 3.35. The first-order valence-electron chi connectivity index (χ1n) is 23.9. The Labute approximate surface area is 333 Å². The Morgan fingerprint density at radius 1 is 0.407 bits per heavy atom. The highest BCUT2D eigenvalue weighted by atomic mass is 16.3. The first kappa shape index (κ1) is 20.8. The molecule has 1 aromatic heterocycles. The van der Waals surface area contributed by atoms with E-state index in [0.29, 0.717) is 33.2 Å². The van der Waals surface area contributed by atoms with E-state index >= 15 is 0 Å². The summed E-state index contributed by atoms with van der Waals surface area (Å²) in [5.74, 6) is 0. The molecule has 0 aliphatic heterocycles. The van der Waals surface area contributed by atoms with Crippen LogP contribution in [0, 0.1) is 0 Å². The Balaban J connectivity index is 1.28. The number of benzene rings is 9. The van der Waals surface area contributed by atoms with E-state index in [-0.39, 0.29) is 16.9 Å². The van der Waals surface area contributed by atoms with E-state index in [1.807, 2.05) is 91.0 Å². The zero-order chi connectivity index (χ0) is 47.2. The number of nitrogens with zero attached hydrogens (tertiary/aromatic N) is 1. The lowest BCUT2D eigenvalue weighted by Gasteiger charge is -2.28. The SMILES string of the molecule is [2H]c1c([2H])c([2H])c(-c2c([2H])c([2H])c(N(c3ccccc3-c3cccc4oc5c6ccccc6ccc5c34)c3c([2H])c([2H])c(-c4cccc(-c5ccccc5)c4)c([2H])c3[2H])c([2H])c2[2H])c([2H])c1[2H]. The van der Waals surface area contributed by atoms with Crippen molar-refractivity contribution in [1.82, 2.24) is 0 Å². The summed E-state index contributed by atoms with van der Waals surface area (Å²) < 4.78 is 125. The molecule has 2 nitrogen and oxygen atoms in total. The minimum atomic E-state index is -0.753. The summed E-state index contributed by atoms with van der Waals surface area (Å²) >= 11 is 0. The average molecular weight is 703 g/mol. The zero-order valence-corrected chi connectivity index (χ0v) is 28.6. The molecule has 0 bridgehead atoms. The van der Waals surface area contributed by atoms with E-state index in [1.54, 1.807) is 42.5 Å². The van der Waals surface area contributed by atoms with Crippen molar-refractivity contribution in [3.05, 3.63) is 212 Å². The number of para-hydroxylation sites is 1. The summed E-state index contributed by atoms with van der Waals surface area (Å²) in [6.07, 6.45) is 0. The van der Waals surface area contributed by atoms with Crippen LogP contribution in [0.15, 0.2) is 216 Å². The molecule has 0 N–H and O–H groups in total. The molecule has 0 atom stereocenters. The fraction of sp³-hybridized carbons (Fsp3) is 0. The van der Waals surface area contributed by atoms with E-state index in [2.05, 4.69) is 0 Å². The van der Waals surface area contributed by atoms with Crippen LogP contribution < -0.4 is 4.90 Å². The van der Waals surface area contributed by atoms with Crippen LogP contribution in [-0.2, 0) is 0 Å². The van der Waals surface area contributed by atoms with Gasteiger partial charge in [0, 0.05) is 33.1 Å². The minimum Gasteiger partial charge on any atom is -0.455 e. The van der Waals surface area contributed by atoms with Gasteiger partial charge in [-0.15, -0.1) is 0 Å². The standard InChI is InChI=1S/C52H35NO/c1-3-13-36(14-4-1)38-25-30-43(31-26-38)53(44-32-27-39(28-33-44)42-19-11-18-41(35-42)37-15-5-2-6-16-37)49-23-10-9-21-46(49)47-22-12-24-50-51(47)48-34-29-40-17-7-8-20-45(40)52(48)54-50/h1-35H/i1D,3D,4D,13D,14D,25D,26D,27D,28D,30D,31D,32D,33D. The van der Waals surface area contributed by atoms with Crippen LogP contribution in [0.3, 0.4) is 0 Å². The van der Waals surface area contributed by atoms with Crippen molar-refractivity contribution in [3.63, 3.8) is 0 Å². The molecule has 10 rings (SSSR count). The molecule has 0 unspecified atom stereocenters. The van der Waals surface area contributed by atoms with E-state index in [0.717, 1.165) is 27.3 Å². The molecule has 9 aromatic carbocycles. The van der Waals surface area contributed by atoms with Crippen molar-refractivity contribution in [2.75, 3.05) is 4.90 Å².